The van der Waals surface area contributed by atoms with E-state index >= 15 is 0 Å². The molecule has 1 nitrogen and oxygen atoms in total. The van der Waals surface area contributed by atoms with Crippen LogP contribution in [0.2, 0.25) is 6.82 Å². The lowest BCUT2D eigenvalue weighted by atomic mass is 9.73. The van der Waals surface area contributed by atoms with Crippen molar-refractivity contribution in [2.75, 3.05) is 4.90 Å². The average Bonchev–Trinajstić information content (AvgIpc) is 2.68. The summed E-state index contributed by atoms with van der Waals surface area (Å²) < 4.78 is 0. The van der Waals surface area contributed by atoms with Gasteiger partial charge in [0.2, 0.25) is 0 Å². The molecule has 0 saturated carbocycles. The van der Waals surface area contributed by atoms with Crippen LogP contribution in [0.4, 0.5) is 17.1 Å². The Balaban J connectivity index is 2.12. The van der Waals surface area contributed by atoms with Crippen molar-refractivity contribution in [1.29, 1.82) is 0 Å². The molecule has 0 aromatic heterocycles. The quantitative estimate of drug-likeness (QED) is 0.468. The highest BCUT2D eigenvalue weighted by atomic mass is 15.1. The first kappa shape index (κ1) is 20.3. The Morgan fingerprint density at radius 2 is 1.36 bits per heavy atom. The zero-order chi connectivity index (χ0) is 20.3. The predicted molar refractivity (Wildman–Crippen MR) is 127 cm³/mol. The minimum absolute atomic E-state index is 0.158. The minimum Gasteiger partial charge on any atom is -0.311 e. The molecular formula is C26H32BN. The lowest BCUT2D eigenvalue weighted by molar-refractivity contribution is 0.590. The summed E-state index contributed by atoms with van der Waals surface area (Å²) in [5, 5.41) is 0. The van der Waals surface area contributed by atoms with Crippen molar-refractivity contribution < 1.29 is 0 Å². The van der Waals surface area contributed by atoms with Gasteiger partial charge in [-0.2, -0.15) is 0 Å². The van der Waals surface area contributed by atoms with Gasteiger partial charge in [-0.05, 0) is 71.8 Å². The number of rotatable bonds is 5. The summed E-state index contributed by atoms with van der Waals surface area (Å²) in [6.45, 7) is 13.4. The molecule has 0 saturated heterocycles. The van der Waals surface area contributed by atoms with Crippen LogP contribution in [0.25, 0.3) is 0 Å². The third-order valence-corrected chi connectivity index (χ3v) is 5.38. The molecule has 0 radical (unpaired) electrons. The number of hydrogen-bond acceptors (Lipinski definition) is 1. The Kier molecular flexibility index (Phi) is 5.98. The van der Waals surface area contributed by atoms with Crippen molar-refractivity contribution >= 4 is 29.8 Å². The van der Waals surface area contributed by atoms with E-state index in [1.54, 1.807) is 0 Å². The van der Waals surface area contributed by atoms with Crippen LogP contribution in [0.1, 0.15) is 44.4 Å². The largest absolute Gasteiger partial charge is 0.311 e. The van der Waals surface area contributed by atoms with Crippen molar-refractivity contribution in [3.05, 3.63) is 83.4 Å². The van der Waals surface area contributed by atoms with Gasteiger partial charge >= 0.3 is 0 Å². The molecule has 0 heterocycles. The van der Waals surface area contributed by atoms with E-state index in [1.165, 1.54) is 39.2 Å². The Morgan fingerprint density at radius 3 is 1.86 bits per heavy atom. The normalized spacial score (nSPS) is 11.4. The van der Waals surface area contributed by atoms with Gasteiger partial charge in [0.25, 0.3) is 0 Å². The molecule has 3 aromatic carbocycles. The third kappa shape index (κ3) is 4.50. The highest BCUT2D eigenvalue weighted by Crippen LogP contribution is 2.36. The van der Waals surface area contributed by atoms with Crippen LogP contribution in [0.3, 0.4) is 0 Å². The lowest BCUT2D eigenvalue weighted by Crippen LogP contribution is -2.17. The highest BCUT2D eigenvalue weighted by Gasteiger charge is 2.17. The first-order valence-corrected chi connectivity index (χ1v) is 10.4. The maximum Gasteiger partial charge on any atom is 0.154 e. The van der Waals surface area contributed by atoms with E-state index in [2.05, 4.69) is 113 Å². The van der Waals surface area contributed by atoms with E-state index in [0.29, 0.717) is 0 Å². The van der Waals surface area contributed by atoms with Crippen molar-refractivity contribution in [3.63, 3.8) is 0 Å². The van der Waals surface area contributed by atoms with Crippen LogP contribution < -0.4 is 10.4 Å². The van der Waals surface area contributed by atoms with Gasteiger partial charge in [0.1, 0.15) is 0 Å². The summed E-state index contributed by atoms with van der Waals surface area (Å²) >= 11 is 0. The molecule has 0 aliphatic carbocycles. The summed E-state index contributed by atoms with van der Waals surface area (Å²) in [6.07, 6.45) is 1.06. The molecule has 0 N–H and O–H groups in total. The molecule has 3 aromatic rings. The van der Waals surface area contributed by atoms with Crippen LogP contribution in [-0.2, 0) is 11.8 Å². The van der Waals surface area contributed by atoms with E-state index in [0.717, 1.165) is 13.7 Å². The van der Waals surface area contributed by atoms with E-state index < -0.39 is 0 Å². The second-order valence-corrected chi connectivity index (χ2v) is 8.68. The number of nitrogens with zero attached hydrogens (tertiary/aromatic N) is 1. The van der Waals surface area contributed by atoms with Gasteiger partial charge in [0, 0.05) is 17.1 Å². The molecule has 0 atom stereocenters. The summed E-state index contributed by atoms with van der Waals surface area (Å²) in [5.74, 6) is 0. The molecule has 0 aliphatic rings. The molecule has 144 valence electrons. The molecule has 28 heavy (non-hydrogen) atoms. The van der Waals surface area contributed by atoms with Gasteiger partial charge in [-0.25, -0.2) is 0 Å². The molecule has 0 unspecified atom stereocenters. The number of aryl methyl sites for hydroxylation is 2. The molecule has 2 heteroatoms. The predicted octanol–water partition coefficient (Wildman–Crippen LogP) is 6.43. The van der Waals surface area contributed by atoms with Crippen LogP contribution in [-0.4, -0.2) is 7.28 Å². The number of benzene rings is 3. The van der Waals surface area contributed by atoms with E-state index in [9.17, 15) is 0 Å². The van der Waals surface area contributed by atoms with Crippen LogP contribution in [0.5, 0.6) is 0 Å². The summed E-state index contributed by atoms with van der Waals surface area (Å²) in [4.78, 5) is 2.37. The summed E-state index contributed by atoms with van der Waals surface area (Å²) in [6, 6.07) is 24.9. The van der Waals surface area contributed by atoms with Crippen LogP contribution in [0, 0.1) is 6.92 Å². The maximum absolute atomic E-state index is 2.37. The van der Waals surface area contributed by atoms with Crippen molar-refractivity contribution in [2.45, 2.75) is 53.3 Å². The van der Waals surface area contributed by atoms with Crippen LogP contribution >= 0.6 is 0 Å². The number of hydrogen-bond donors (Lipinski definition) is 0. The van der Waals surface area contributed by atoms with Gasteiger partial charge < -0.3 is 4.90 Å². The summed E-state index contributed by atoms with van der Waals surface area (Å²) in [5.41, 5.74) is 9.18. The van der Waals surface area contributed by atoms with Crippen molar-refractivity contribution in [3.8, 4) is 0 Å². The third-order valence-electron chi connectivity index (χ3n) is 5.38. The Morgan fingerprint density at radius 1 is 0.786 bits per heavy atom. The maximum atomic E-state index is 2.37. The van der Waals surface area contributed by atoms with Crippen molar-refractivity contribution in [1.82, 2.24) is 0 Å². The first-order valence-electron chi connectivity index (χ1n) is 10.4. The zero-order valence-electron chi connectivity index (χ0n) is 18.2. The summed E-state index contributed by atoms with van der Waals surface area (Å²) in [7, 11) is 1.04. The van der Waals surface area contributed by atoms with Crippen molar-refractivity contribution in [2.24, 2.45) is 0 Å². The molecule has 0 amide bonds. The second kappa shape index (κ2) is 8.26. The Bertz CT molecular complexity index is 918. The molecular weight excluding hydrogens is 337 g/mol. The minimum atomic E-state index is 0.158. The monoisotopic (exact) mass is 369 g/mol. The lowest BCUT2D eigenvalue weighted by Gasteiger charge is -2.28. The fourth-order valence-electron chi connectivity index (χ4n) is 3.61. The number of anilines is 3. The van der Waals surface area contributed by atoms with E-state index in [4.69, 9.17) is 0 Å². The second-order valence-electron chi connectivity index (χ2n) is 8.68. The van der Waals surface area contributed by atoms with E-state index in [1.807, 2.05) is 0 Å². The van der Waals surface area contributed by atoms with Gasteiger partial charge in [-0.3, -0.25) is 0 Å². The fraction of sp³-hybridized carbons (Fsp3) is 0.308. The standard InChI is InChI=1S/C26H32BN/c1-7-20-8-12-23(13-9-20)28(25-17-19(2)16-22(18-25)27-6)24-14-10-21(11-15-24)26(3,4)5/h8-18,27H,7H2,1-6H3. The fourth-order valence-corrected chi connectivity index (χ4v) is 3.61. The van der Waals surface area contributed by atoms with Gasteiger partial charge in [-0.15, -0.1) is 0 Å². The van der Waals surface area contributed by atoms with Crippen LogP contribution in [0.15, 0.2) is 66.7 Å². The SMILES string of the molecule is CBc1cc(C)cc(N(c2ccc(CC)cc2)c2ccc(C(C)(C)C)cc2)c1. The molecule has 0 fully saturated rings. The smallest absolute Gasteiger partial charge is 0.154 e. The van der Waals surface area contributed by atoms with Gasteiger partial charge in [-0.1, -0.05) is 70.3 Å². The highest BCUT2D eigenvalue weighted by molar-refractivity contribution is 6.52. The molecule has 0 aliphatic heterocycles. The zero-order valence-corrected chi connectivity index (χ0v) is 18.2. The average molecular weight is 369 g/mol. The molecule has 0 spiro atoms. The van der Waals surface area contributed by atoms with Gasteiger partial charge in [0.05, 0.1) is 0 Å². The molecule has 3 rings (SSSR count). The van der Waals surface area contributed by atoms with Gasteiger partial charge in [0.15, 0.2) is 7.28 Å². The Hall–Kier alpha value is -2.48. The van der Waals surface area contributed by atoms with E-state index in [-0.39, 0.29) is 5.41 Å². The Labute approximate surface area is 171 Å². The topological polar surface area (TPSA) is 3.24 Å². The first-order chi connectivity index (χ1) is 13.3. The molecule has 0 bridgehead atoms.